The van der Waals surface area contributed by atoms with Crippen LogP contribution in [0.15, 0.2) is 16.6 Å². The molecule has 0 atom stereocenters. The van der Waals surface area contributed by atoms with E-state index in [9.17, 15) is 0 Å². The van der Waals surface area contributed by atoms with Gasteiger partial charge in [-0.25, -0.2) is 4.68 Å². The number of aromatic nitrogens is 2. The summed E-state index contributed by atoms with van der Waals surface area (Å²) >= 11 is 3.41. The van der Waals surface area contributed by atoms with Crippen LogP contribution in [0.25, 0.3) is 0 Å². The van der Waals surface area contributed by atoms with Crippen molar-refractivity contribution in [3.05, 3.63) is 27.9 Å². The van der Waals surface area contributed by atoms with Crippen molar-refractivity contribution in [1.82, 2.24) is 9.78 Å². The summed E-state index contributed by atoms with van der Waals surface area (Å²) < 4.78 is 18.7. The minimum Gasteiger partial charge on any atom is -0.493 e. The van der Waals surface area contributed by atoms with Crippen molar-refractivity contribution < 1.29 is 14.2 Å². The fourth-order valence-corrected chi connectivity index (χ4v) is 2.43. The monoisotopic (exact) mass is 339 g/mol. The zero-order valence-electron chi connectivity index (χ0n) is 11.1. The molecule has 0 radical (unpaired) electrons. The van der Waals surface area contributed by atoms with E-state index < -0.39 is 0 Å². The maximum Gasteiger partial charge on any atom is 0.231 e. The first-order chi connectivity index (χ1) is 9.60. The molecule has 0 unspecified atom stereocenters. The molecule has 0 saturated heterocycles. The van der Waals surface area contributed by atoms with Gasteiger partial charge >= 0.3 is 0 Å². The number of nitrogens with two attached hydrogens (primary N) is 1. The maximum absolute atomic E-state index is 6.00. The smallest absolute Gasteiger partial charge is 0.231 e. The highest BCUT2D eigenvalue weighted by Gasteiger charge is 2.20. The molecule has 20 heavy (non-hydrogen) atoms. The summed E-state index contributed by atoms with van der Waals surface area (Å²) in [5.41, 5.74) is 7.84. The summed E-state index contributed by atoms with van der Waals surface area (Å²) in [6.07, 6.45) is 0. The molecule has 2 N–H and O–H groups in total. The molecule has 106 valence electrons. The maximum atomic E-state index is 6.00. The fourth-order valence-electron chi connectivity index (χ4n) is 2.15. The first kappa shape index (κ1) is 13.1. The quantitative estimate of drug-likeness (QED) is 0.929. The van der Waals surface area contributed by atoms with Gasteiger partial charge in [0.05, 0.1) is 23.8 Å². The number of halogens is 1. The molecule has 6 nitrogen and oxygen atoms in total. The SMILES string of the molecule is COc1cc(Cn2nc(C)c(Br)c2N)cc2c1OCO2. The number of methoxy groups -OCH3 is 1. The van der Waals surface area contributed by atoms with E-state index in [0.29, 0.717) is 29.6 Å². The van der Waals surface area contributed by atoms with Crippen LogP contribution in [0.3, 0.4) is 0 Å². The van der Waals surface area contributed by atoms with Gasteiger partial charge in [-0.2, -0.15) is 5.10 Å². The van der Waals surface area contributed by atoms with Crippen LogP contribution in [0.2, 0.25) is 0 Å². The number of rotatable bonds is 3. The number of ether oxygens (including phenoxy) is 3. The third kappa shape index (κ3) is 2.07. The van der Waals surface area contributed by atoms with Gasteiger partial charge < -0.3 is 19.9 Å². The Hall–Kier alpha value is -1.89. The number of fused-ring (bicyclic) bond motifs is 1. The van der Waals surface area contributed by atoms with Gasteiger partial charge in [0, 0.05) is 0 Å². The predicted octanol–water partition coefficient (Wildman–Crippen LogP) is 2.32. The molecule has 0 spiro atoms. The largest absolute Gasteiger partial charge is 0.493 e. The minimum absolute atomic E-state index is 0.212. The highest BCUT2D eigenvalue weighted by Crippen LogP contribution is 2.42. The molecule has 0 saturated carbocycles. The van der Waals surface area contributed by atoms with Crippen LogP contribution in [0.5, 0.6) is 17.2 Å². The lowest BCUT2D eigenvalue weighted by molar-refractivity contribution is 0.171. The summed E-state index contributed by atoms with van der Waals surface area (Å²) in [6.45, 7) is 2.64. The molecule has 0 bridgehead atoms. The number of nitrogens with zero attached hydrogens (tertiary/aromatic N) is 2. The lowest BCUT2D eigenvalue weighted by Gasteiger charge is -2.09. The van der Waals surface area contributed by atoms with Gasteiger partial charge in [-0.3, -0.25) is 0 Å². The van der Waals surface area contributed by atoms with Gasteiger partial charge in [0.25, 0.3) is 0 Å². The van der Waals surface area contributed by atoms with Gasteiger partial charge in [-0.15, -0.1) is 0 Å². The standard InChI is InChI=1S/C13H14BrN3O3/c1-7-11(14)13(15)17(16-7)5-8-3-9(18-2)12-10(4-8)19-6-20-12/h3-4H,5-6,15H2,1-2H3. The van der Waals surface area contributed by atoms with Crippen LogP contribution in [0.1, 0.15) is 11.3 Å². The van der Waals surface area contributed by atoms with Crippen LogP contribution in [0, 0.1) is 6.92 Å². The van der Waals surface area contributed by atoms with Crippen LogP contribution < -0.4 is 19.9 Å². The molecule has 2 aromatic rings. The van der Waals surface area contributed by atoms with Gasteiger partial charge in [0.15, 0.2) is 11.5 Å². The van der Waals surface area contributed by atoms with Gasteiger partial charge in [0.1, 0.15) is 5.82 Å². The van der Waals surface area contributed by atoms with Crippen molar-refractivity contribution in [2.75, 3.05) is 19.6 Å². The second-order valence-electron chi connectivity index (χ2n) is 4.47. The second kappa shape index (κ2) is 4.90. The number of aryl methyl sites for hydroxylation is 1. The van der Waals surface area contributed by atoms with Crippen molar-refractivity contribution in [1.29, 1.82) is 0 Å². The van der Waals surface area contributed by atoms with E-state index in [4.69, 9.17) is 19.9 Å². The average Bonchev–Trinajstić information content (AvgIpc) is 2.99. The van der Waals surface area contributed by atoms with Crippen molar-refractivity contribution in [3.63, 3.8) is 0 Å². The summed E-state index contributed by atoms with van der Waals surface area (Å²) in [5, 5.41) is 4.39. The molecule has 1 aliphatic heterocycles. The minimum atomic E-state index is 0.212. The average molecular weight is 340 g/mol. The van der Waals surface area contributed by atoms with Crippen molar-refractivity contribution >= 4 is 21.7 Å². The predicted molar refractivity (Wildman–Crippen MR) is 77.3 cm³/mol. The highest BCUT2D eigenvalue weighted by atomic mass is 79.9. The summed E-state index contributed by atoms with van der Waals surface area (Å²) in [6, 6.07) is 3.81. The first-order valence-corrected chi connectivity index (χ1v) is 6.84. The van der Waals surface area contributed by atoms with Crippen LogP contribution in [-0.4, -0.2) is 23.7 Å². The van der Waals surface area contributed by atoms with E-state index in [1.807, 2.05) is 19.1 Å². The Balaban J connectivity index is 1.97. The van der Waals surface area contributed by atoms with E-state index in [0.717, 1.165) is 15.7 Å². The molecule has 7 heteroatoms. The van der Waals surface area contributed by atoms with Crippen molar-refractivity contribution in [2.24, 2.45) is 0 Å². The Morgan fingerprint density at radius 2 is 2.25 bits per heavy atom. The Labute approximate surface area is 124 Å². The van der Waals surface area contributed by atoms with Crippen LogP contribution >= 0.6 is 15.9 Å². The fraction of sp³-hybridized carbons (Fsp3) is 0.308. The van der Waals surface area contributed by atoms with E-state index in [1.165, 1.54) is 0 Å². The molecule has 0 amide bonds. The Morgan fingerprint density at radius 3 is 2.90 bits per heavy atom. The number of benzene rings is 1. The van der Waals surface area contributed by atoms with E-state index in [2.05, 4.69) is 21.0 Å². The number of anilines is 1. The molecule has 1 aliphatic rings. The lowest BCUT2D eigenvalue weighted by atomic mass is 10.2. The van der Waals surface area contributed by atoms with Gasteiger partial charge in [-0.05, 0) is 40.5 Å². The molecule has 2 heterocycles. The molecule has 0 fully saturated rings. The zero-order chi connectivity index (χ0) is 14.3. The Kier molecular flexibility index (Phi) is 3.21. The summed E-state index contributed by atoms with van der Waals surface area (Å²) in [4.78, 5) is 0. The molecular formula is C13H14BrN3O3. The van der Waals surface area contributed by atoms with Crippen molar-refractivity contribution in [2.45, 2.75) is 13.5 Å². The van der Waals surface area contributed by atoms with Gasteiger partial charge in [-0.1, -0.05) is 0 Å². The molecule has 1 aromatic heterocycles. The molecular weight excluding hydrogens is 326 g/mol. The first-order valence-electron chi connectivity index (χ1n) is 6.05. The van der Waals surface area contributed by atoms with Crippen LogP contribution in [-0.2, 0) is 6.54 Å². The number of hydrogen-bond acceptors (Lipinski definition) is 5. The second-order valence-corrected chi connectivity index (χ2v) is 5.27. The number of hydrogen-bond donors (Lipinski definition) is 1. The number of nitrogen functional groups attached to an aromatic ring is 1. The summed E-state index contributed by atoms with van der Waals surface area (Å²) in [7, 11) is 1.60. The molecule has 3 rings (SSSR count). The lowest BCUT2D eigenvalue weighted by Crippen LogP contribution is -2.06. The molecule has 1 aromatic carbocycles. The summed E-state index contributed by atoms with van der Waals surface area (Å²) in [5.74, 6) is 2.57. The van der Waals surface area contributed by atoms with E-state index in [1.54, 1.807) is 11.8 Å². The van der Waals surface area contributed by atoms with Crippen LogP contribution in [0.4, 0.5) is 5.82 Å². The third-order valence-electron chi connectivity index (χ3n) is 3.14. The topological polar surface area (TPSA) is 71.5 Å². The Morgan fingerprint density at radius 1 is 1.45 bits per heavy atom. The van der Waals surface area contributed by atoms with Crippen molar-refractivity contribution in [3.8, 4) is 17.2 Å². The normalized spacial score (nSPS) is 12.8. The van der Waals surface area contributed by atoms with E-state index >= 15 is 0 Å². The molecule has 0 aliphatic carbocycles. The third-order valence-corrected chi connectivity index (χ3v) is 4.12. The van der Waals surface area contributed by atoms with E-state index in [-0.39, 0.29) is 6.79 Å². The Bertz CT molecular complexity index is 669. The highest BCUT2D eigenvalue weighted by molar-refractivity contribution is 9.10. The zero-order valence-corrected chi connectivity index (χ0v) is 12.7. The van der Waals surface area contributed by atoms with Gasteiger partial charge in [0.2, 0.25) is 12.5 Å².